The summed E-state index contributed by atoms with van der Waals surface area (Å²) in [6.07, 6.45) is 4.69. The number of pyridine rings is 1. The van der Waals surface area contributed by atoms with Gasteiger partial charge in [0, 0.05) is 60.2 Å². The molecule has 6 heteroatoms. The van der Waals surface area contributed by atoms with Gasteiger partial charge in [-0.05, 0) is 48.0 Å². The van der Waals surface area contributed by atoms with Gasteiger partial charge < -0.3 is 0 Å². The van der Waals surface area contributed by atoms with E-state index in [0.29, 0.717) is 5.02 Å². The largest absolute Gasteiger partial charge is 0.294 e. The van der Waals surface area contributed by atoms with E-state index in [4.69, 9.17) is 16.6 Å². The summed E-state index contributed by atoms with van der Waals surface area (Å²) in [5, 5.41) is 0.704. The zero-order chi connectivity index (χ0) is 21.2. The lowest BCUT2D eigenvalue weighted by atomic mass is 10.1. The summed E-state index contributed by atoms with van der Waals surface area (Å²) in [7, 11) is 0. The summed E-state index contributed by atoms with van der Waals surface area (Å²) in [5.74, 6) is 0.484. The van der Waals surface area contributed by atoms with Crippen molar-refractivity contribution in [3.8, 4) is 22.6 Å². The third kappa shape index (κ3) is 4.48. The highest BCUT2D eigenvalue weighted by Gasteiger charge is 2.19. The summed E-state index contributed by atoms with van der Waals surface area (Å²) in [6, 6.07) is 18.1. The fourth-order valence-corrected chi connectivity index (χ4v) is 3.97. The van der Waals surface area contributed by atoms with Gasteiger partial charge in [-0.3, -0.25) is 9.88 Å². The Labute approximate surface area is 185 Å². The van der Waals surface area contributed by atoms with E-state index in [9.17, 15) is 4.39 Å². The number of fused-ring (bicyclic) bond motifs is 1. The zero-order valence-corrected chi connectivity index (χ0v) is 17.6. The van der Waals surface area contributed by atoms with Gasteiger partial charge in [-0.25, -0.2) is 14.4 Å². The van der Waals surface area contributed by atoms with E-state index < -0.39 is 0 Å². The Balaban J connectivity index is 1.27. The third-order valence-electron chi connectivity index (χ3n) is 5.47. The molecule has 0 atom stereocenters. The molecule has 154 valence electrons. The molecular weight excluding hydrogens is 411 g/mol. The predicted octanol–water partition coefficient (Wildman–Crippen LogP) is 5.56. The molecule has 1 aliphatic heterocycles. The molecular formula is C25H20ClFN4. The van der Waals surface area contributed by atoms with Crippen LogP contribution in [0.5, 0.6) is 0 Å². The minimum Gasteiger partial charge on any atom is -0.294 e. The van der Waals surface area contributed by atoms with Crippen molar-refractivity contribution >= 4 is 11.6 Å². The average Bonchev–Trinajstić information content (AvgIpc) is 2.80. The Hall–Kier alpha value is -3.15. The van der Waals surface area contributed by atoms with Crippen LogP contribution in [-0.4, -0.2) is 26.4 Å². The van der Waals surface area contributed by atoms with E-state index in [2.05, 4.69) is 20.9 Å². The first-order valence-electron chi connectivity index (χ1n) is 10.2. The van der Waals surface area contributed by atoms with Crippen LogP contribution in [0.25, 0.3) is 22.6 Å². The van der Waals surface area contributed by atoms with Crippen LogP contribution in [0, 0.1) is 5.82 Å². The van der Waals surface area contributed by atoms with Crippen molar-refractivity contribution in [1.82, 2.24) is 19.9 Å². The van der Waals surface area contributed by atoms with Crippen LogP contribution in [0.2, 0.25) is 5.02 Å². The van der Waals surface area contributed by atoms with Gasteiger partial charge in [0.15, 0.2) is 5.82 Å². The molecule has 0 saturated heterocycles. The van der Waals surface area contributed by atoms with E-state index in [0.717, 1.165) is 65.5 Å². The van der Waals surface area contributed by atoms with Gasteiger partial charge in [-0.1, -0.05) is 29.8 Å². The quantitative estimate of drug-likeness (QED) is 0.425. The molecule has 0 bridgehead atoms. The van der Waals surface area contributed by atoms with Crippen molar-refractivity contribution < 1.29 is 4.39 Å². The number of hydrogen-bond acceptors (Lipinski definition) is 4. The molecule has 3 heterocycles. The van der Waals surface area contributed by atoms with Crippen molar-refractivity contribution in [2.24, 2.45) is 0 Å². The lowest BCUT2D eigenvalue weighted by Crippen LogP contribution is -2.31. The Morgan fingerprint density at radius 2 is 1.81 bits per heavy atom. The first-order valence-corrected chi connectivity index (χ1v) is 10.6. The molecule has 0 N–H and O–H groups in total. The second-order valence-electron chi connectivity index (χ2n) is 7.70. The number of hydrogen-bond donors (Lipinski definition) is 0. The highest BCUT2D eigenvalue weighted by molar-refractivity contribution is 6.30. The van der Waals surface area contributed by atoms with Gasteiger partial charge in [0.2, 0.25) is 0 Å². The van der Waals surface area contributed by atoms with E-state index in [1.165, 1.54) is 12.1 Å². The zero-order valence-electron chi connectivity index (χ0n) is 16.8. The van der Waals surface area contributed by atoms with Crippen LogP contribution in [0.15, 0.2) is 73.1 Å². The van der Waals surface area contributed by atoms with Crippen molar-refractivity contribution in [3.05, 3.63) is 101 Å². The molecule has 0 fully saturated rings. The summed E-state index contributed by atoms with van der Waals surface area (Å²) >= 11 is 5.98. The summed E-state index contributed by atoms with van der Waals surface area (Å²) in [6.45, 7) is 2.53. The maximum Gasteiger partial charge on any atom is 0.159 e. The molecule has 1 aliphatic rings. The molecule has 0 unspecified atom stereocenters. The minimum atomic E-state index is -0.253. The maximum absolute atomic E-state index is 13.4. The van der Waals surface area contributed by atoms with Crippen LogP contribution < -0.4 is 0 Å². The van der Waals surface area contributed by atoms with E-state index in [1.54, 1.807) is 6.07 Å². The summed E-state index contributed by atoms with van der Waals surface area (Å²) < 4.78 is 13.4. The van der Waals surface area contributed by atoms with E-state index >= 15 is 0 Å². The molecule has 0 aliphatic carbocycles. The number of nitrogens with zero attached hydrogens (tertiary/aromatic N) is 4. The van der Waals surface area contributed by atoms with Crippen LogP contribution in [-0.2, 0) is 19.5 Å². The van der Waals surface area contributed by atoms with Crippen LogP contribution >= 0.6 is 11.6 Å². The van der Waals surface area contributed by atoms with Gasteiger partial charge in [-0.2, -0.15) is 0 Å². The van der Waals surface area contributed by atoms with Gasteiger partial charge in [0.05, 0.1) is 11.4 Å². The Morgan fingerprint density at radius 3 is 2.58 bits per heavy atom. The van der Waals surface area contributed by atoms with Gasteiger partial charge in [0.1, 0.15) is 5.82 Å². The van der Waals surface area contributed by atoms with Gasteiger partial charge >= 0.3 is 0 Å². The Morgan fingerprint density at radius 1 is 0.935 bits per heavy atom. The fraction of sp³-hybridized carbons (Fsp3) is 0.160. The highest BCUT2D eigenvalue weighted by Crippen LogP contribution is 2.24. The topological polar surface area (TPSA) is 41.9 Å². The second kappa shape index (κ2) is 8.53. The van der Waals surface area contributed by atoms with Crippen molar-refractivity contribution in [3.63, 3.8) is 0 Å². The smallest absolute Gasteiger partial charge is 0.159 e. The standard InChI is InChI=1S/C25H20ClFN4/c26-21-7-5-18(6-8-21)25-29-14-20-16-31(11-10-24(20)30-25)15-17-4-9-23(28-13-17)19-2-1-3-22(27)12-19/h1-9,12-14H,10-11,15-16H2. The number of aromatic nitrogens is 3. The molecule has 4 aromatic rings. The second-order valence-corrected chi connectivity index (χ2v) is 8.13. The molecule has 0 saturated carbocycles. The molecule has 5 rings (SSSR count). The maximum atomic E-state index is 13.4. The first kappa shape index (κ1) is 19.8. The SMILES string of the molecule is Fc1cccc(-c2ccc(CN3CCc4nc(-c5ccc(Cl)cc5)ncc4C3)cn2)c1. The third-order valence-corrected chi connectivity index (χ3v) is 5.72. The monoisotopic (exact) mass is 430 g/mol. The lowest BCUT2D eigenvalue weighted by molar-refractivity contribution is 0.242. The van der Waals surface area contributed by atoms with Crippen LogP contribution in [0.1, 0.15) is 16.8 Å². The molecule has 0 radical (unpaired) electrons. The van der Waals surface area contributed by atoms with Crippen LogP contribution in [0.4, 0.5) is 4.39 Å². The van der Waals surface area contributed by atoms with Crippen molar-refractivity contribution in [2.45, 2.75) is 19.5 Å². The molecule has 4 nitrogen and oxygen atoms in total. The van der Waals surface area contributed by atoms with Crippen molar-refractivity contribution in [2.75, 3.05) is 6.54 Å². The van der Waals surface area contributed by atoms with E-state index in [-0.39, 0.29) is 5.82 Å². The molecule has 2 aromatic heterocycles. The van der Waals surface area contributed by atoms with Crippen molar-refractivity contribution in [1.29, 1.82) is 0 Å². The van der Waals surface area contributed by atoms with Gasteiger partial charge in [-0.15, -0.1) is 0 Å². The molecule has 0 spiro atoms. The lowest BCUT2D eigenvalue weighted by Gasteiger charge is -2.28. The van der Waals surface area contributed by atoms with Crippen LogP contribution in [0.3, 0.4) is 0 Å². The normalized spacial score (nSPS) is 13.7. The Kier molecular flexibility index (Phi) is 5.45. The number of rotatable bonds is 4. The summed E-state index contributed by atoms with van der Waals surface area (Å²) in [5.41, 5.74) is 5.92. The average molecular weight is 431 g/mol. The molecule has 2 aromatic carbocycles. The summed E-state index contributed by atoms with van der Waals surface area (Å²) in [4.78, 5) is 16.2. The fourth-order valence-electron chi connectivity index (χ4n) is 3.84. The number of benzene rings is 2. The minimum absolute atomic E-state index is 0.253. The first-order chi connectivity index (χ1) is 15.1. The molecule has 31 heavy (non-hydrogen) atoms. The molecule has 0 amide bonds. The number of halogens is 2. The Bertz CT molecular complexity index is 1210. The van der Waals surface area contributed by atoms with E-state index in [1.807, 2.05) is 48.8 Å². The van der Waals surface area contributed by atoms with Gasteiger partial charge in [0.25, 0.3) is 0 Å². The predicted molar refractivity (Wildman–Crippen MR) is 120 cm³/mol. The highest BCUT2D eigenvalue weighted by atomic mass is 35.5.